The van der Waals surface area contributed by atoms with E-state index in [2.05, 4.69) is 4.99 Å². The smallest absolute Gasteiger partial charge is 0.294 e. The second-order valence-corrected chi connectivity index (χ2v) is 11.1. The van der Waals surface area contributed by atoms with Gasteiger partial charge in [-0.2, -0.15) is 16.8 Å². The van der Waals surface area contributed by atoms with Gasteiger partial charge in [0.25, 0.3) is 20.2 Å². The van der Waals surface area contributed by atoms with E-state index in [0.717, 1.165) is 11.3 Å². The molecule has 0 bridgehead atoms. The lowest BCUT2D eigenvalue weighted by molar-refractivity contribution is 0.458. The topological polar surface area (TPSA) is 147 Å². The van der Waals surface area contributed by atoms with Gasteiger partial charge in [0, 0.05) is 17.3 Å². The third-order valence-corrected chi connectivity index (χ3v) is 7.17. The number of unbranched alkanes of at least 4 members (excludes halogenated alkanes) is 1. The summed E-state index contributed by atoms with van der Waals surface area (Å²) < 4.78 is 64.1. The van der Waals surface area contributed by atoms with Gasteiger partial charge in [0.2, 0.25) is 0 Å². The average Bonchev–Trinajstić information content (AvgIpc) is 2.75. The molecule has 0 spiro atoms. The molecule has 0 fully saturated rings. The standard InChI is InChI=1S/C24H30N2O6S2/c1-19-13-14-21(34(30,31)32)18-22(19)24(2,15-7-9-17-33(27,28)29)23(25)12-6-8-16-26-20-10-4-3-5-11-20/h3-6,8,10-14,16,18H,7,9,15,17,25H2,1-2H3,(H,27,28,29)(H,30,31,32). The lowest BCUT2D eigenvalue weighted by Gasteiger charge is -2.33. The van der Waals surface area contributed by atoms with Gasteiger partial charge < -0.3 is 5.73 Å². The number of para-hydroxylation sites is 1. The summed E-state index contributed by atoms with van der Waals surface area (Å²) in [6.07, 6.45) is 7.71. The molecule has 0 radical (unpaired) electrons. The van der Waals surface area contributed by atoms with E-state index in [-0.39, 0.29) is 17.1 Å². The summed E-state index contributed by atoms with van der Waals surface area (Å²) in [4.78, 5) is 4.05. The van der Waals surface area contributed by atoms with Crippen LogP contribution in [0.5, 0.6) is 0 Å². The third-order valence-electron chi connectivity index (χ3n) is 5.52. The Morgan fingerprint density at radius 2 is 1.71 bits per heavy atom. The molecule has 0 amide bonds. The molecule has 0 aromatic heterocycles. The molecule has 8 nitrogen and oxygen atoms in total. The second kappa shape index (κ2) is 11.6. The Morgan fingerprint density at radius 1 is 1.03 bits per heavy atom. The van der Waals surface area contributed by atoms with Crippen molar-refractivity contribution in [3.8, 4) is 0 Å². The van der Waals surface area contributed by atoms with Crippen molar-refractivity contribution in [3.63, 3.8) is 0 Å². The molecule has 4 N–H and O–H groups in total. The maximum absolute atomic E-state index is 11.7. The van der Waals surface area contributed by atoms with Crippen LogP contribution < -0.4 is 5.73 Å². The molecule has 34 heavy (non-hydrogen) atoms. The van der Waals surface area contributed by atoms with E-state index >= 15 is 0 Å². The molecule has 0 aliphatic rings. The SMILES string of the molecule is Cc1ccc(S(=O)(=O)O)cc1C(C)(CCCCS(=O)(=O)O)C(N)=CC=CC=Nc1ccccc1. The van der Waals surface area contributed by atoms with Gasteiger partial charge in [-0.25, -0.2) is 0 Å². The second-order valence-electron chi connectivity index (χ2n) is 8.15. The molecule has 0 heterocycles. The van der Waals surface area contributed by atoms with Gasteiger partial charge >= 0.3 is 0 Å². The number of allylic oxidation sites excluding steroid dienone is 4. The minimum atomic E-state index is -4.43. The Hall–Kier alpha value is -2.79. The molecule has 2 aromatic rings. The van der Waals surface area contributed by atoms with Crippen LogP contribution in [-0.2, 0) is 25.7 Å². The van der Waals surface area contributed by atoms with Crippen molar-refractivity contribution < 1.29 is 25.9 Å². The highest BCUT2D eigenvalue weighted by Gasteiger charge is 2.32. The van der Waals surface area contributed by atoms with Gasteiger partial charge in [0.1, 0.15) is 0 Å². The first-order valence-corrected chi connectivity index (χ1v) is 13.6. The minimum absolute atomic E-state index is 0.207. The van der Waals surface area contributed by atoms with Gasteiger partial charge in [-0.3, -0.25) is 14.1 Å². The zero-order chi connectivity index (χ0) is 25.4. The number of benzene rings is 2. The Morgan fingerprint density at radius 3 is 2.32 bits per heavy atom. The number of aliphatic imine (C=N–C) groups is 1. The van der Waals surface area contributed by atoms with E-state index in [0.29, 0.717) is 24.1 Å². The summed E-state index contributed by atoms with van der Waals surface area (Å²) in [6, 6.07) is 13.7. The minimum Gasteiger partial charge on any atom is -0.401 e. The maximum Gasteiger partial charge on any atom is 0.294 e. The molecule has 0 saturated heterocycles. The highest BCUT2D eigenvalue weighted by Crippen LogP contribution is 2.37. The summed E-state index contributed by atoms with van der Waals surface area (Å²) >= 11 is 0. The molecule has 0 aliphatic carbocycles. The fourth-order valence-corrected chi connectivity index (χ4v) is 4.67. The van der Waals surface area contributed by atoms with Crippen LogP contribution in [0.1, 0.15) is 37.3 Å². The Balaban J connectivity index is 2.37. The van der Waals surface area contributed by atoms with Crippen LogP contribution in [0.3, 0.4) is 0 Å². The van der Waals surface area contributed by atoms with Crippen LogP contribution in [0, 0.1) is 6.92 Å². The average molecular weight is 507 g/mol. The van der Waals surface area contributed by atoms with Crippen molar-refractivity contribution in [1.82, 2.24) is 0 Å². The first-order valence-electron chi connectivity index (χ1n) is 10.6. The van der Waals surface area contributed by atoms with Crippen LogP contribution >= 0.6 is 0 Å². The van der Waals surface area contributed by atoms with Gasteiger partial charge in [-0.05, 0) is 74.2 Å². The number of hydrogen-bond acceptors (Lipinski definition) is 6. The fourth-order valence-electron chi connectivity index (χ4n) is 3.59. The normalized spacial score (nSPS) is 15.1. The molecule has 0 aliphatic heterocycles. The number of nitrogens with two attached hydrogens (primary N) is 1. The number of nitrogens with zero attached hydrogens (tertiary/aromatic N) is 1. The van der Waals surface area contributed by atoms with Crippen LogP contribution in [0.15, 0.2) is 82.3 Å². The van der Waals surface area contributed by atoms with Gasteiger partial charge in [0.15, 0.2) is 0 Å². The Bertz CT molecular complexity index is 1280. The predicted molar refractivity (Wildman–Crippen MR) is 135 cm³/mol. The summed E-state index contributed by atoms with van der Waals surface area (Å²) in [5, 5.41) is 0. The van der Waals surface area contributed by atoms with Crippen LogP contribution in [0.4, 0.5) is 5.69 Å². The van der Waals surface area contributed by atoms with E-state index in [1.165, 1.54) is 12.1 Å². The molecular weight excluding hydrogens is 476 g/mol. The van der Waals surface area contributed by atoms with Crippen molar-refractivity contribution in [1.29, 1.82) is 0 Å². The van der Waals surface area contributed by atoms with E-state index in [9.17, 15) is 21.4 Å². The summed E-state index contributed by atoms with van der Waals surface area (Å²) in [6.45, 7) is 3.63. The lowest BCUT2D eigenvalue weighted by Crippen LogP contribution is -2.31. The first-order chi connectivity index (χ1) is 15.8. The van der Waals surface area contributed by atoms with Crippen molar-refractivity contribution >= 4 is 32.1 Å². The zero-order valence-corrected chi connectivity index (χ0v) is 20.8. The molecule has 1 atom stereocenters. The molecule has 1 unspecified atom stereocenters. The Kier molecular flexibility index (Phi) is 9.34. The third kappa shape index (κ3) is 8.21. The van der Waals surface area contributed by atoms with E-state index < -0.39 is 25.7 Å². The lowest BCUT2D eigenvalue weighted by atomic mass is 9.73. The zero-order valence-electron chi connectivity index (χ0n) is 19.1. The van der Waals surface area contributed by atoms with Crippen molar-refractivity contribution in [2.24, 2.45) is 10.7 Å². The molecule has 2 aromatic carbocycles. The fraction of sp³-hybridized carbons (Fsp3) is 0.292. The van der Waals surface area contributed by atoms with Crippen molar-refractivity contribution in [3.05, 3.63) is 83.6 Å². The molecule has 10 heteroatoms. The number of aryl methyl sites for hydroxylation is 1. The summed E-state index contributed by atoms with van der Waals surface area (Å²) in [5.41, 5.74) is 8.15. The highest BCUT2D eigenvalue weighted by molar-refractivity contribution is 7.86. The van der Waals surface area contributed by atoms with Crippen LogP contribution in [-0.4, -0.2) is 37.9 Å². The summed E-state index contributed by atoms with van der Waals surface area (Å²) in [5.74, 6) is -0.382. The van der Waals surface area contributed by atoms with Gasteiger partial charge in [-0.15, -0.1) is 0 Å². The number of rotatable bonds is 11. The van der Waals surface area contributed by atoms with E-state index in [1.54, 1.807) is 37.4 Å². The highest BCUT2D eigenvalue weighted by atomic mass is 32.2. The molecular formula is C24H30N2O6S2. The largest absolute Gasteiger partial charge is 0.401 e. The van der Waals surface area contributed by atoms with E-state index in [4.69, 9.17) is 10.3 Å². The summed E-state index contributed by atoms with van der Waals surface area (Å²) in [7, 11) is -8.52. The van der Waals surface area contributed by atoms with Crippen molar-refractivity contribution in [2.75, 3.05) is 5.75 Å². The predicted octanol–water partition coefficient (Wildman–Crippen LogP) is 4.36. The first kappa shape index (κ1) is 27.5. The molecule has 0 saturated carbocycles. The Labute approximate surface area is 201 Å². The maximum atomic E-state index is 11.7. The van der Waals surface area contributed by atoms with Crippen LogP contribution in [0.2, 0.25) is 0 Å². The molecule has 2 rings (SSSR count). The van der Waals surface area contributed by atoms with Crippen LogP contribution in [0.25, 0.3) is 0 Å². The van der Waals surface area contributed by atoms with Gasteiger partial charge in [0.05, 0.1) is 16.3 Å². The monoisotopic (exact) mass is 506 g/mol. The number of hydrogen-bond donors (Lipinski definition) is 3. The van der Waals surface area contributed by atoms with Gasteiger partial charge in [-0.1, -0.05) is 36.8 Å². The van der Waals surface area contributed by atoms with E-state index in [1.807, 2.05) is 37.3 Å². The van der Waals surface area contributed by atoms with Crippen molar-refractivity contribution in [2.45, 2.75) is 43.4 Å². The quantitative estimate of drug-likeness (QED) is 0.177. The molecule has 184 valence electrons.